The van der Waals surface area contributed by atoms with Crippen molar-refractivity contribution in [2.75, 3.05) is 18.8 Å². The molecule has 1 heterocycles. The number of carbonyl (C=O) groups excluding carboxylic acids is 1. The molecule has 1 aliphatic heterocycles. The fourth-order valence-corrected chi connectivity index (χ4v) is 2.41. The molecule has 0 unspecified atom stereocenters. The quantitative estimate of drug-likeness (QED) is 0.767. The third-order valence-electron chi connectivity index (χ3n) is 2.18. The first-order chi connectivity index (χ1) is 7.53. The molecule has 0 aromatic heterocycles. The number of carbonyl (C=O) groups is 1. The molecular weight excluding hydrogens is 222 g/mol. The lowest BCUT2D eigenvalue weighted by molar-refractivity contribution is -0.120. The summed E-state index contributed by atoms with van der Waals surface area (Å²) in [5, 5.41) is 7.13. The van der Waals surface area contributed by atoms with E-state index in [-0.39, 0.29) is 11.4 Å². The molecule has 1 aliphatic rings. The van der Waals surface area contributed by atoms with Crippen molar-refractivity contribution in [1.29, 1.82) is 0 Å². The molecule has 0 aliphatic carbocycles. The number of nitrogens with one attached hydrogen (secondary N) is 2. The number of amidine groups is 1. The highest BCUT2D eigenvalue weighted by Crippen LogP contribution is 2.21. The van der Waals surface area contributed by atoms with Crippen molar-refractivity contribution in [2.45, 2.75) is 39.2 Å². The molecule has 1 rings (SSSR count). The summed E-state index contributed by atoms with van der Waals surface area (Å²) in [5.74, 6) is 1.13. The van der Waals surface area contributed by atoms with Crippen LogP contribution in [0, 0.1) is 0 Å². The molecule has 0 atom stereocenters. The van der Waals surface area contributed by atoms with Crippen LogP contribution in [-0.4, -0.2) is 35.5 Å². The maximum atomic E-state index is 11.3. The molecule has 1 saturated heterocycles. The van der Waals surface area contributed by atoms with Crippen LogP contribution in [0.25, 0.3) is 0 Å². The highest BCUT2D eigenvalue weighted by Gasteiger charge is 2.26. The van der Waals surface area contributed by atoms with Gasteiger partial charge in [-0.1, -0.05) is 18.7 Å². The van der Waals surface area contributed by atoms with Gasteiger partial charge in [0.15, 0.2) is 5.17 Å². The molecule has 0 saturated carbocycles. The smallest absolute Gasteiger partial charge is 0.221 e. The molecule has 0 radical (unpaired) electrons. The van der Waals surface area contributed by atoms with E-state index < -0.39 is 0 Å². The van der Waals surface area contributed by atoms with Crippen LogP contribution in [0.5, 0.6) is 0 Å². The number of nitrogens with zero attached hydrogens (tertiary/aromatic N) is 1. The van der Waals surface area contributed by atoms with E-state index in [9.17, 15) is 4.79 Å². The van der Waals surface area contributed by atoms with Crippen LogP contribution in [0.15, 0.2) is 4.99 Å². The molecule has 4 nitrogen and oxygen atoms in total. The van der Waals surface area contributed by atoms with Crippen LogP contribution in [0.3, 0.4) is 0 Å². The van der Waals surface area contributed by atoms with Gasteiger partial charge in [0.2, 0.25) is 5.91 Å². The minimum absolute atomic E-state index is 0.0912. The van der Waals surface area contributed by atoms with Crippen molar-refractivity contribution in [3.05, 3.63) is 0 Å². The van der Waals surface area contributed by atoms with Crippen molar-refractivity contribution in [3.63, 3.8) is 0 Å². The summed E-state index contributed by atoms with van der Waals surface area (Å²) in [6, 6.07) is 0. The largest absolute Gasteiger partial charge is 0.359 e. The van der Waals surface area contributed by atoms with Gasteiger partial charge in [0, 0.05) is 24.3 Å². The third kappa shape index (κ3) is 4.88. The van der Waals surface area contributed by atoms with Crippen LogP contribution in [0.2, 0.25) is 0 Å². The Kier molecular flexibility index (Phi) is 5.12. The highest BCUT2D eigenvalue weighted by molar-refractivity contribution is 8.14. The number of hydrogen-bond acceptors (Lipinski definition) is 3. The highest BCUT2D eigenvalue weighted by atomic mass is 32.2. The van der Waals surface area contributed by atoms with Crippen LogP contribution in [0.4, 0.5) is 0 Å². The lowest BCUT2D eigenvalue weighted by Gasteiger charge is -2.15. The van der Waals surface area contributed by atoms with Crippen LogP contribution in [0.1, 0.15) is 33.6 Å². The van der Waals surface area contributed by atoms with Gasteiger partial charge in [-0.2, -0.15) is 0 Å². The number of amides is 1. The Balaban J connectivity index is 2.20. The first-order valence-electron chi connectivity index (χ1n) is 5.75. The fraction of sp³-hybridized carbons (Fsp3) is 0.818. The SMILES string of the molecule is CCCNC(=O)CCN=C1NC(C)(C)CS1. The second-order valence-electron chi connectivity index (χ2n) is 4.58. The van der Waals surface area contributed by atoms with E-state index in [4.69, 9.17) is 0 Å². The Morgan fingerprint density at radius 1 is 1.62 bits per heavy atom. The Morgan fingerprint density at radius 3 is 2.94 bits per heavy atom. The zero-order chi connectivity index (χ0) is 12.0. The second kappa shape index (κ2) is 6.13. The van der Waals surface area contributed by atoms with Gasteiger partial charge >= 0.3 is 0 Å². The molecule has 92 valence electrons. The Hall–Kier alpha value is -0.710. The van der Waals surface area contributed by atoms with Crippen molar-refractivity contribution in [3.8, 4) is 0 Å². The lowest BCUT2D eigenvalue weighted by atomic mass is 10.1. The van der Waals surface area contributed by atoms with Crippen LogP contribution >= 0.6 is 11.8 Å². The van der Waals surface area contributed by atoms with Crippen molar-refractivity contribution in [1.82, 2.24) is 10.6 Å². The van der Waals surface area contributed by atoms with Crippen molar-refractivity contribution < 1.29 is 4.79 Å². The van der Waals surface area contributed by atoms with E-state index in [0.717, 1.165) is 23.9 Å². The van der Waals surface area contributed by atoms with Gasteiger partial charge in [-0.3, -0.25) is 9.79 Å². The molecule has 0 spiro atoms. The van der Waals surface area contributed by atoms with Crippen molar-refractivity contribution >= 4 is 22.8 Å². The van der Waals surface area contributed by atoms with Gasteiger partial charge in [-0.15, -0.1) is 0 Å². The summed E-state index contributed by atoms with van der Waals surface area (Å²) >= 11 is 1.73. The van der Waals surface area contributed by atoms with E-state index in [2.05, 4.69) is 29.5 Å². The zero-order valence-electron chi connectivity index (χ0n) is 10.3. The Morgan fingerprint density at radius 2 is 2.38 bits per heavy atom. The molecule has 0 bridgehead atoms. The minimum atomic E-state index is 0.0912. The van der Waals surface area contributed by atoms with Gasteiger partial charge < -0.3 is 10.6 Å². The molecular formula is C11H21N3OS. The average molecular weight is 243 g/mol. The zero-order valence-corrected chi connectivity index (χ0v) is 11.1. The maximum Gasteiger partial charge on any atom is 0.221 e. The van der Waals surface area contributed by atoms with Gasteiger partial charge in [-0.05, 0) is 20.3 Å². The number of aliphatic imine (C=N–C) groups is 1. The molecule has 1 fully saturated rings. The Labute approximate surface area is 102 Å². The molecule has 0 aromatic carbocycles. The predicted molar refractivity (Wildman–Crippen MR) is 69.9 cm³/mol. The normalized spacial score (nSPS) is 20.8. The monoisotopic (exact) mass is 243 g/mol. The van der Waals surface area contributed by atoms with E-state index in [1.165, 1.54) is 0 Å². The summed E-state index contributed by atoms with van der Waals surface area (Å²) < 4.78 is 0. The van der Waals surface area contributed by atoms with Crippen molar-refractivity contribution in [2.24, 2.45) is 4.99 Å². The summed E-state index contributed by atoms with van der Waals surface area (Å²) in [6.07, 6.45) is 1.46. The standard InChI is InChI=1S/C11H21N3OS/c1-4-6-12-9(15)5-7-13-10-14-11(2,3)8-16-10/h4-8H2,1-3H3,(H,12,15)(H,13,14). The lowest BCUT2D eigenvalue weighted by Crippen LogP contribution is -2.37. The van der Waals surface area contributed by atoms with E-state index >= 15 is 0 Å². The van der Waals surface area contributed by atoms with Gasteiger partial charge in [0.05, 0.1) is 6.54 Å². The first-order valence-corrected chi connectivity index (χ1v) is 6.74. The molecule has 0 aromatic rings. The van der Waals surface area contributed by atoms with E-state index in [0.29, 0.717) is 13.0 Å². The summed E-state index contributed by atoms with van der Waals surface area (Å²) in [6.45, 7) is 7.67. The van der Waals surface area contributed by atoms with Crippen LogP contribution < -0.4 is 10.6 Å². The summed E-state index contributed by atoms with van der Waals surface area (Å²) in [4.78, 5) is 15.7. The average Bonchev–Trinajstić information content (AvgIpc) is 2.55. The van der Waals surface area contributed by atoms with Gasteiger partial charge in [0.1, 0.15) is 0 Å². The molecule has 5 heteroatoms. The van der Waals surface area contributed by atoms with E-state index in [1.54, 1.807) is 11.8 Å². The maximum absolute atomic E-state index is 11.3. The number of hydrogen-bond donors (Lipinski definition) is 2. The van der Waals surface area contributed by atoms with Gasteiger partial charge in [0.25, 0.3) is 0 Å². The Bertz CT molecular complexity index is 276. The topological polar surface area (TPSA) is 53.5 Å². The van der Waals surface area contributed by atoms with Gasteiger partial charge in [-0.25, -0.2) is 0 Å². The molecule has 16 heavy (non-hydrogen) atoms. The molecule has 1 amide bonds. The predicted octanol–water partition coefficient (Wildman–Crippen LogP) is 1.37. The summed E-state index contributed by atoms with van der Waals surface area (Å²) in [5.41, 5.74) is 0.133. The van der Waals surface area contributed by atoms with Crippen LogP contribution in [-0.2, 0) is 4.79 Å². The summed E-state index contributed by atoms with van der Waals surface area (Å²) in [7, 11) is 0. The fourth-order valence-electron chi connectivity index (χ4n) is 1.31. The first kappa shape index (κ1) is 13.4. The second-order valence-corrected chi connectivity index (χ2v) is 5.55. The minimum Gasteiger partial charge on any atom is -0.359 e. The number of thioether (sulfide) groups is 1. The molecule has 2 N–H and O–H groups in total. The third-order valence-corrected chi connectivity index (χ3v) is 3.55. The number of rotatable bonds is 5. The van der Waals surface area contributed by atoms with E-state index in [1.807, 2.05) is 6.92 Å².